The molecule has 5 aromatic rings. The molecule has 5 rings (SSSR count). The maximum Gasteiger partial charge on any atom is 0.0557 e. The molecule has 4 heteroatoms. The van der Waals surface area contributed by atoms with Crippen LogP contribution in [0.2, 0.25) is 0 Å². The Bertz CT molecular complexity index is 1150. The van der Waals surface area contributed by atoms with Crippen LogP contribution in [0.3, 0.4) is 0 Å². The molecule has 0 unspecified atom stereocenters. The second-order valence-corrected chi connectivity index (χ2v) is 6.58. The summed E-state index contributed by atoms with van der Waals surface area (Å²) in [6, 6.07) is 24.5. The second-order valence-electron chi connectivity index (χ2n) is 5.53. The quantitative estimate of drug-likeness (QED) is 0.224. The fourth-order valence-electron chi connectivity index (χ4n) is 2.96. The predicted octanol–water partition coefficient (Wildman–Crippen LogP) is 5.46. The van der Waals surface area contributed by atoms with Gasteiger partial charge < -0.3 is 0 Å². The Morgan fingerprint density at radius 2 is 1.58 bits per heavy atom. The molecule has 24 heavy (non-hydrogen) atoms. The van der Waals surface area contributed by atoms with Gasteiger partial charge in [-0.15, -0.1) is 23.6 Å². The Labute approximate surface area is 156 Å². The van der Waals surface area contributed by atoms with Crippen molar-refractivity contribution in [2.45, 2.75) is 0 Å². The molecule has 0 aliphatic heterocycles. The van der Waals surface area contributed by atoms with Crippen molar-refractivity contribution < 1.29 is 20.1 Å². The Balaban J connectivity index is 0.00000146. The first kappa shape index (κ1) is 15.4. The maximum atomic E-state index is 4.41. The molecule has 0 bridgehead atoms. The first-order valence-corrected chi connectivity index (χ1v) is 8.25. The topological polar surface area (TPSA) is 25.8 Å². The van der Waals surface area contributed by atoms with Gasteiger partial charge in [-0.3, -0.25) is 0 Å². The standard InChI is InChI=1S/C20H11N2S.Ir/c1-2-6-14-10-17-16(9-13(14)5-1)12-21-22-20(17)19-11-15-7-3-4-8-18(15)23-19;/h1-10,12H;/q-1;. The van der Waals surface area contributed by atoms with Crippen molar-refractivity contribution in [3.05, 3.63) is 72.9 Å². The van der Waals surface area contributed by atoms with Crippen LogP contribution in [-0.2, 0) is 20.1 Å². The molecule has 2 aromatic heterocycles. The van der Waals surface area contributed by atoms with Gasteiger partial charge in [0.25, 0.3) is 0 Å². The van der Waals surface area contributed by atoms with Gasteiger partial charge in [0.2, 0.25) is 0 Å². The fraction of sp³-hybridized carbons (Fsp3) is 0. The largest absolute Gasteiger partial charge is 0.206 e. The van der Waals surface area contributed by atoms with Gasteiger partial charge >= 0.3 is 0 Å². The Hall–Kier alpha value is -2.13. The normalized spacial score (nSPS) is 11.0. The summed E-state index contributed by atoms with van der Waals surface area (Å²) in [6.45, 7) is 0. The number of aromatic nitrogens is 2. The zero-order valence-corrected chi connectivity index (χ0v) is 15.7. The third-order valence-electron chi connectivity index (χ3n) is 4.09. The summed E-state index contributed by atoms with van der Waals surface area (Å²) < 4.78 is 1.22. The van der Waals surface area contributed by atoms with Crippen LogP contribution in [0.25, 0.3) is 42.2 Å². The minimum absolute atomic E-state index is 0. The molecule has 0 atom stereocenters. The molecule has 0 saturated carbocycles. The number of thiophene rings is 1. The van der Waals surface area contributed by atoms with Gasteiger partial charge in [0.05, 0.1) is 6.20 Å². The molecule has 0 amide bonds. The zero-order valence-electron chi connectivity index (χ0n) is 12.5. The summed E-state index contributed by atoms with van der Waals surface area (Å²) >= 11 is 1.71. The zero-order chi connectivity index (χ0) is 15.2. The number of fused-ring (bicyclic) bond motifs is 3. The summed E-state index contributed by atoms with van der Waals surface area (Å²) in [7, 11) is 0. The third-order valence-corrected chi connectivity index (χ3v) is 5.17. The molecule has 0 fully saturated rings. The van der Waals surface area contributed by atoms with E-state index in [-0.39, 0.29) is 20.1 Å². The number of benzene rings is 3. The molecule has 2 nitrogen and oxygen atoms in total. The Morgan fingerprint density at radius 3 is 2.42 bits per heavy atom. The van der Waals surface area contributed by atoms with E-state index in [2.05, 4.69) is 70.9 Å². The fourth-order valence-corrected chi connectivity index (χ4v) is 3.97. The smallest absolute Gasteiger partial charge is 0.0557 e. The van der Waals surface area contributed by atoms with E-state index in [1.54, 1.807) is 11.3 Å². The molecule has 1 radical (unpaired) electrons. The molecule has 0 spiro atoms. The average Bonchev–Trinajstić information content (AvgIpc) is 3.03. The van der Waals surface area contributed by atoms with Gasteiger partial charge in [0.15, 0.2) is 0 Å². The average molecular weight is 504 g/mol. The van der Waals surface area contributed by atoms with Crippen molar-refractivity contribution in [2.75, 3.05) is 0 Å². The summed E-state index contributed by atoms with van der Waals surface area (Å²) in [5, 5.41) is 14.4. The number of rotatable bonds is 1. The van der Waals surface area contributed by atoms with Gasteiger partial charge in [0, 0.05) is 25.8 Å². The second kappa shape index (κ2) is 6.06. The van der Waals surface area contributed by atoms with Gasteiger partial charge in [-0.1, -0.05) is 42.5 Å². The molecular formula is C20H11IrN2S-. The van der Waals surface area contributed by atoms with Crippen molar-refractivity contribution in [3.63, 3.8) is 0 Å². The molecule has 0 N–H and O–H groups in total. The Kier molecular flexibility index (Phi) is 3.89. The molecule has 2 heterocycles. The third kappa shape index (κ3) is 2.44. The van der Waals surface area contributed by atoms with Gasteiger partial charge in [-0.2, -0.15) is 10.2 Å². The summed E-state index contributed by atoms with van der Waals surface area (Å²) in [5.74, 6) is 0. The van der Waals surface area contributed by atoms with E-state index in [1.807, 2.05) is 12.3 Å². The van der Waals surface area contributed by atoms with E-state index >= 15 is 0 Å². The van der Waals surface area contributed by atoms with Crippen LogP contribution < -0.4 is 0 Å². The summed E-state index contributed by atoms with van der Waals surface area (Å²) in [6.07, 6.45) is 1.83. The van der Waals surface area contributed by atoms with E-state index in [0.29, 0.717) is 0 Å². The van der Waals surface area contributed by atoms with E-state index in [0.717, 1.165) is 26.7 Å². The molecule has 0 saturated heterocycles. The molecule has 3 aromatic carbocycles. The van der Waals surface area contributed by atoms with Crippen molar-refractivity contribution in [1.82, 2.24) is 10.2 Å². The van der Waals surface area contributed by atoms with E-state index in [4.69, 9.17) is 0 Å². The molecule has 0 aliphatic rings. The SMILES string of the molecule is [Ir].[c-]1c(-c2nncc3cc4ccccc4cc23)sc2ccccc12. The number of nitrogens with zero attached hydrogens (tertiary/aromatic N) is 2. The molecular weight excluding hydrogens is 493 g/mol. The number of hydrogen-bond donors (Lipinski definition) is 0. The van der Waals surface area contributed by atoms with Crippen molar-refractivity contribution in [1.29, 1.82) is 0 Å². The van der Waals surface area contributed by atoms with Crippen LogP contribution in [0.4, 0.5) is 0 Å². The van der Waals surface area contributed by atoms with Gasteiger partial charge in [-0.25, -0.2) is 11.3 Å². The van der Waals surface area contributed by atoms with Crippen molar-refractivity contribution in [2.24, 2.45) is 0 Å². The first-order chi connectivity index (χ1) is 11.4. The van der Waals surface area contributed by atoms with Gasteiger partial charge in [-0.05, 0) is 37.2 Å². The minimum Gasteiger partial charge on any atom is -0.206 e. The summed E-state index contributed by atoms with van der Waals surface area (Å²) in [4.78, 5) is 1.04. The molecule has 117 valence electrons. The van der Waals surface area contributed by atoms with Crippen LogP contribution in [0.15, 0.2) is 66.9 Å². The first-order valence-electron chi connectivity index (χ1n) is 7.44. The van der Waals surface area contributed by atoms with Crippen molar-refractivity contribution >= 4 is 43.0 Å². The van der Waals surface area contributed by atoms with Crippen molar-refractivity contribution in [3.8, 4) is 10.6 Å². The molecule has 0 aliphatic carbocycles. The number of hydrogen-bond acceptors (Lipinski definition) is 3. The van der Waals surface area contributed by atoms with Crippen LogP contribution in [0.5, 0.6) is 0 Å². The minimum atomic E-state index is 0. The van der Waals surface area contributed by atoms with Crippen LogP contribution >= 0.6 is 11.3 Å². The maximum absolute atomic E-state index is 4.41. The predicted molar refractivity (Wildman–Crippen MR) is 96.7 cm³/mol. The van der Waals surface area contributed by atoms with Gasteiger partial charge in [0.1, 0.15) is 0 Å². The van der Waals surface area contributed by atoms with E-state index in [9.17, 15) is 0 Å². The van der Waals surface area contributed by atoms with Crippen LogP contribution in [0, 0.1) is 6.07 Å². The summed E-state index contributed by atoms with van der Waals surface area (Å²) in [5.41, 5.74) is 0.912. The monoisotopic (exact) mass is 504 g/mol. The van der Waals surface area contributed by atoms with E-state index in [1.165, 1.54) is 15.5 Å². The van der Waals surface area contributed by atoms with Crippen LogP contribution in [0.1, 0.15) is 0 Å². The van der Waals surface area contributed by atoms with E-state index < -0.39 is 0 Å². The Morgan fingerprint density at radius 1 is 0.833 bits per heavy atom. The van der Waals surface area contributed by atoms with Crippen LogP contribution in [-0.4, -0.2) is 10.2 Å².